The molecular formula is C17H15FN4O3. The number of hydrogen-bond acceptors (Lipinski definition) is 4. The summed E-state index contributed by atoms with van der Waals surface area (Å²) in [5, 5.41) is 9.49. The highest BCUT2D eigenvalue weighted by Crippen LogP contribution is 2.26. The number of fused-ring (bicyclic) bond motifs is 1. The molecule has 1 atom stereocenters. The maximum absolute atomic E-state index is 14.0. The highest BCUT2D eigenvalue weighted by Gasteiger charge is 2.35. The van der Waals surface area contributed by atoms with E-state index in [-0.39, 0.29) is 36.0 Å². The molecule has 0 bridgehead atoms. The number of aromatic nitrogens is 2. The monoisotopic (exact) mass is 342 g/mol. The van der Waals surface area contributed by atoms with Crippen molar-refractivity contribution in [2.45, 2.75) is 13.0 Å². The number of hydrogen-bond donors (Lipinski definition) is 2. The summed E-state index contributed by atoms with van der Waals surface area (Å²) < 4.78 is 19.2. The van der Waals surface area contributed by atoms with Gasteiger partial charge in [-0.05, 0) is 24.3 Å². The van der Waals surface area contributed by atoms with E-state index in [9.17, 15) is 14.0 Å². The van der Waals surface area contributed by atoms with E-state index < -0.39 is 11.7 Å². The molecule has 1 aliphatic heterocycles. The van der Waals surface area contributed by atoms with Crippen molar-refractivity contribution >= 4 is 28.5 Å². The molecule has 8 heteroatoms. The lowest BCUT2D eigenvalue weighted by atomic mass is 10.1. The fourth-order valence-corrected chi connectivity index (χ4v) is 3.03. The van der Waals surface area contributed by atoms with Crippen molar-refractivity contribution in [3.8, 4) is 0 Å². The Labute approximate surface area is 141 Å². The maximum Gasteiger partial charge on any atom is 0.231 e. The smallest absolute Gasteiger partial charge is 0.231 e. The Morgan fingerprint density at radius 1 is 1.40 bits per heavy atom. The molecule has 1 aliphatic rings. The minimum atomic E-state index is -0.513. The molecule has 3 aromatic rings. The zero-order chi connectivity index (χ0) is 17.4. The van der Waals surface area contributed by atoms with Crippen molar-refractivity contribution in [1.82, 2.24) is 15.1 Å². The molecule has 128 valence electrons. The van der Waals surface area contributed by atoms with Gasteiger partial charge in [0.05, 0.1) is 29.6 Å². The third-order valence-corrected chi connectivity index (χ3v) is 4.29. The number of benzene rings is 1. The number of furan rings is 1. The topological polar surface area (TPSA) is 91.2 Å². The average Bonchev–Trinajstić information content (AvgIpc) is 3.30. The summed E-state index contributed by atoms with van der Waals surface area (Å²) in [6.45, 7) is 0.617. The average molecular weight is 342 g/mol. The molecule has 0 saturated carbocycles. The van der Waals surface area contributed by atoms with Crippen LogP contribution in [0.2, 0.25) is 0 Å². The fourth-order valence-electron chi connectivity index (χ4n) is 3.03. The normalized spacial score (nSPS) is 17.4. The Morgan fingerprint density at radius 2 is 2.28 bits per heavy atom. The molecule has 3 heterocycles. The summed E-state index contributed by atoms with van der Waals surface area (Å²) in [5.41, 5.74) is 0.497. The van der Waals surface area contributed by atoms with Gasteiger partial charge in [0.1, 0.15) is 11.6 Å². The third-order valence-electron chi connectivity index (χ3n) is 4.29. The summed E-state index contributed by atoms with van der Waals surface area (Å²) in [7, 11) is 0. The number of carbonyl (C=O) groups is 2. The number of likely N-dealkylation sites (tertiary alicyclic amines) is 1. The predicted molar refractivity (Wildman–Crippen MR) is 86.9 cm³/mol. The van der Waals surface area contributed by atoms with Gasteiger partial charge in [0, 0.05) is 13.0 Å². The zero-order valence-electron chi connectivity index (χ0n) is 13.2. The minimum absolute atomic E-state index is 0.109. The lowest BCUT2D eigenvalue weighted by Gasteiger charge is -2.14. The molecule has 2 N–H and O–H groups in total. The van der Waals surface area contributed by atoms with Crippen LogP contribution in [0.15, 0.2) is 41.0 Å². The molecule has 0 radical (unpaired) electrons. The highest BCUT2D eigenvalue weighted by molar-refractivity contribution is 6.02. The number of aromatic amines is 1. The van der Waals surface area contributed by atoms with Crippen molar-refractivity contribution in [3.05, 3.63) is 48.2 Å². The van der Waals surface area contributed by atoms with E-state index in [1.807, 2.05) is 0 Å². The van der Waals surface area contributed by atoms with Crippen LogP contribution in [0.4, 0.5) is 10.2 Å². The number of nitrogens with zero attached hydrogens (tertiary/aromatic N) is 2. The molecule has 0 spiro atoms. The second kappa shape index (κ2) is 6.04. The van der Waals surface area contributed by atoms with E-state index in [2.05, 4.69) is 15.5 Å². The van der Waals surface area contributed by atoms with Crippen molar-refractivity contribution in [2.24, 2.45) is 5.92 Å². The number of nitrogens with one attached hydrogen (secondary N) is 2. The first-order valence-corrected chi connectivity index (χ1v) is 7.85. The van der Waals surface area contributed by atoms with E-state index in [0.29, 0.717) is 17.8 Å². The highest BCUT2D eigenvalue weighted by atomic mass is 19.1. The lowest BCUT2D eigenvalue weighted by Crippen LogP contribution is -2.28. The van der Waals surface area contributed by atoms with Gasteiger partial charge < -0.3 is 14.6 Å². The van der Waals surface area contributed by atoms with E-state index in [1.54, 1.807) is 29.2 Å². The number of rotatable bonds is 4. The minimum Gasteiger partial charge on any atom is -0.467 e. The second-order valence-electron chi connectivity index (χ2n) is 5.98. The quantitative estimate of drug-likeness (QED) is 0.761. The van der Waals surface area contributed by atoms with Crippen molar-refractivity contribution in [2.75, 3.05) is 11.9 Å². The van der Waals surface area contributed by atoms with E-state index in [1.165, 1.54) is 12.3 Å². The SMILES string of the molecule is O=C(Nc1n[nH]c2cccc(F)c12)C1CC(=O)N(Cc2ccco2)C1. The van der Waals surface area contributed by atoms with Crippen LogP contribution < -0.4 is 5.32 Å². The number of carbonyl (C=O) groups excluding carboxylic acids is 2. The summed E-state index contributed by atoms with van der Waals surface area (Å²) in [5.74, 6) is -0.657. The standard InChI is InChI=1S/C17H15FN4O3/c18-12-4-1-5-13-15(12)16(21-20-13)19-17(24)10-7-14(23)22(8-10)9-11-3-2-6-25-11/h1-6,10H,7-9H2,(H2,19,20,21,24). The molecule has 1 saturated heterocycles. The molecule has 4 rings (SSSR count). The Balaban J connectivity index is 1.47. The Kier molecular flexibility index (Phi) is 3.72. The van der Waals surface area contributed by atoms with Crippen molar-refractivity contribution in [3.63, 3.8) is 0 Å². The van der Waals surface area contributed by atoms with Gasteiger partial charge in [0.25, 0.3) is 0 Å². The van der Waals surface area contributed by atoms with Crippen LogP contribution in [0.5, 0.6) is 0 Å². The summed E-state index contributed by atoms with van der Waals surface area (Å²) >= 11 is 0. The Morgan fingerprint density at radius 3 is 3.08 bits per heavy atom. The van der Waals surface area contributed by atoms with Gasteiger partial charge in [0.2, 0.25) is 11.8 Å². The molecule has 2 aromatic heterocycles. The fraction of sp³-hybridized carbons (Fsp3) is 0.235. The first kappa shape index (κ1) is 15.4. The molecule has 1 unspecified atom stereocenters. The van der Waals surface area contributed by atoms with Gasteiger partial charge in [0.15, 0.2) is 5.82 Å². The van der Waals surface area contributed by atoms with Gasteiger partial charge in [-0.1, -0.05) is 6.07 Å². The van der Waals surface area contributed by atoms with Gasteiger partial charge in [-0.25, -0.2) is 4.39 Å². The van der Waals surface area contributed by atoms with Crippen LogP contribution >= 0.6 is 0 Å². The molecule has 2 amide bonds. The Bertz CT molecular complexity index is 935. The molecule has 1 aromatic carbocycles. The van der Waals surface area contributed by atoms with Crippen LogP contribution in [0, 0.1) is 11.7 Å². The number of H-pyrrole nitrogens is 1. The molecule has 7 nitrogen and oxygen atoms in total. The van der Waals surface area contributed by atoms with Crippen molar-refractivity contribution in [1.29, 1.82) is 0 Å². The molecule has 0 aliphatic carbocycles. The summed E-state index contributed by atoms with van der Waals surface area (Å²) in [4.78, 5) is 26.2. The van der Waals surface area contributed by atoms with Crippen LogP contribution in [0.25, 0.3) is 10.9 Å². The van der Waals surface area contributed by atoms with Gasteiger partial charge in [-0.2, -0.15) is 5.10 Å². The van der Waals surface area contributed by atoms with Crippen LogP contribution in [-0.4, -0.2) is 33.5 Å². The van der Waals surface area contributed by atoms with Gasteiger partial charge in [-0.3, -0.25) is 14.7 Å². The second-order valence-corrected chi connectivity index (χ2v) is 5.98. The van der Waals surface area contributed by atoms with Crippen LogP contribution in [0.3, 0.4) is 0 Å². The van der Waals surface area contributed by atoms with Crippen LogP contribution in [0.1, 0.15) is 12.2 Å². The van der Waals surface area contributed by atoms with E-state index in [4.69, 9.17) is 4.42 Å². The lowest BCUT2D eigenvalue weighted by molar-refractivity contribution is -0.128. The zero-order valence-corrected chi connectivity index (χ0v) is 13.2. The van der Waals surface area contributed by atoms with E-state index in [0.717, 1.165) is 0 Å². The predicted octanol–water partition coefficient (Wildman–Crippen LogP) is 2.28. The summed E-state index contributed by atoms with van der Waals surface area (Å²) in [6, 6.07) is 8.06. The first-order valence-electron chi connectivity index (χ1n) is 7.85. The first-order chi connectivity index (χ1) is 12.1. The van der Waals surface area contributed by atoms with Crippen molar-refractivity contribution < 1.29 is 18.4 Å². The Hall–Kier alpha value is -3.16. The number of amides is 2. The molecular weight excluding hydrogens is 327 g/mol. The maximum atomic E-state index is 14.0. The number of halogens is 1. The summed E-state index contributed by atoms with van der Waals surface area (Å²) in [6.07, 6.45) is 1.65. The van der Waals surface area contributed by atoms with E-state index >= 15 is 0 Å². The van der Waals surface area contributed by atoms with Crippen LogP contribution in [-0.2, 0) is 16.1 Å². The van der Waals surface area contributed by atoms with Gasteiger partial charge in [-0.15, -0.1) is 0 Å². The third kappa shape index (κ3) is 2.86. The van der Waals surface area contributed by atoms with Gasteiger partial charge >= 0.3 is 0 Å². The molecule has 25 heavy (non-hydrogen) atoms. The number of anilines is 1. The largest absolute Gasteiger partial charge is 0.467 e. The molecule has 1 fully saturated rings.